The third kappa shape index (κ3) is 2.16. The van der Waals surface area contributed by atoms with Crippen LogP contribution in [-0.4, -0.2) is 17.4 Å². The Morgan fingerprint density at radius 1 is 1.47 bits per heavy atom. The smallest absolute Gasteiger partial charge is 0.223 e. The third-order valence-electron chi connectivity index (χ3n) is 3.89. The number of amides is 1. The Kier molecular flexibility index (Phi) is 3.11. The van der Waals surface area contributed by atoms with Crippen LogP contribution in [0.15, 0.2) is 36.9 Å². The van der Waals surface area contributed by atoms with Gasteiger partial charge in [-0.2, -0.15) is 0 Å². The Hall–Kier alpha value is -2.03. The SMILES string of the molecule is C=CCNC(=O)C1CCc2[nH]c3ccccc3c2C1. The van der Waals surface area contributed by atoms with E-state index in [0.717, 1.165) is 19.3 Å². The minimum Gasteiger partial charge on any atom is -0.358 e. The Morgan fingerprint density at radius 2 is 2.32 bits per heavy atom. The van der Waals surface area contributed by atoms with E-state index in [2.05, 4.69) is 35.1 Å². The van der Waals surface area contributed by atoms with E-state index in [1.807, 2.05) is 6.07 Å². The second-order valence-corrected chi connectivity index (χ2v) is 5.10. The van der Waals surface area contributed by atoms with Crippen molar-refractivity contribution in [2.75, 3.05) is 6.54 Å². The molecule has 0 bridgehead atoms. The number of hydrogen-bond donors (Lipinski definition) is 2. The summed E-state index contributed by atoms with van der Waals surface area (Å²) in [6.45, 7) is 4.18. The van der Waals surface area contributed by atoms with E-state index >= 15 is 0 Å². The number of carbonyl (C=O) groups excluding carboxylic acids is 1. The van der Waals surface area contributed by atoms with Crippen LogP contribution < -0.4 is 5.32 Å². The van der Waals surface area contributed by atoms with Crippen LogP contribution in [0.2, 0.25) is 0 Å². The van der Waals surface area contributed by atoms with E-state index in [9.17, 15) is 4.79 Å². The minimum atomic E-state index is 0.0895. The Balaban J connectivity index is 1.86. The number of aromatic nitrogens is 1. The Bertz CT molecular complexity index is 627. The van der Waals surface area contributed by atoms with Gasteiger partial charge in [0.1, 0.15) is 0 Å². The monoisotopic (exact) mass is 254 g/mol. The lowest BCUT2D eigenvalue weighted by Crippen LogP contribution is -2.34. The van der Waals surface area contributed by atoms with E-state index in [1.165, 1.54) is 22.2 Å². The number of aryl methyl sites for hydroxylation is 1. The maximum atomic E-state index is 12.1. The summed E-state index contributed by atoms with van der Waals surface area (Å²) in [4.78, 5) is 15.5. The molecule has 2 N–H and O–H groups in total. The van der Waals surface area contributed by atoms with Gasteiger partial charge in [0.15, 0.2) is 0 Å². The van der Waals surface area contributed by atoms with Gasteiger partial charge in [-0.15, -0.1) is 6.58 Å². The molecule has 1 heterocycles. The average molecular weight is 254 g/mol. The molecule has 0 aliphatic heterocycles. The summed E-state index contributed by atoms with van der Waals surface area (Å²) in [6.07, 6.45) is 4.43. The standard InChI is InChI=1S/C16H18N2O/c1-2-9-17-16(19)11-7-8-15-13(10-11)12-5-3-4-6-14(12)18-15/h2-6,11,18H,1,7-10H2,(H,17,19). The van der Waals surface area contributed by atoms with Crippen LogP contribution in [0.1, 0.15) is 17.7 Å². The van der Waals surface area contributed by atoms with Crippen molar-refractivity contribution in [2.24, 2.45) is 5.92 Å². The molecule has 0 radical (unpaired) electrons. The topological polar surface area (TPSA) is 44.9 Å². The van der Waals surface area contributed by atoms with Crippen molar-refractivity contribution in [1.82, 2.24) is 10.3 Å². The number of H-pyrrole nitrogens is 1. The van der Waals surface area contributed by atoms with Crippen LogP contribution in [-0.2, 0) is 17.6 Å². The zero-order valence-electron chi connectivity index (χ0n) is 10.9. The molecule has 1 aliphatic rings. The molecule has 1 atom stereocenters. The van der Waals surface area contributed by atoms with Gasteiger partial charge < -0.3 is 10.3 Å². The van der Waals surface area contributed by atoms with Gasteiger partial charge in [-0.05, 0) is 30.9 Å². The fourth-order valence-corrected chi connectivity index (χ4v) is 2.91. The molecule has 1 aliphatic carbocycles. The molecule has 1 amide bonds. The summed E-state index contributed by atoms with van der Waals surface area (Å²) < 4.78 is 0. The van der Waals surface area contributed by atoms with Crippen LogP contribution in [0.4, 0.5) is 0 Å². The van der Waals surface area contributed by atoms with Crippen molar-refractivity contribution in [3.05, 3.63) is 48.2 Å². The van der Waals surface area contributed by atoms with Gasteiger partial charge in [-0.25, -0.2) is 0 Å². The van der Waals surface area contributed by atoms with Gasteiger partial charge in [0.2, 0.25) is 5.91 Å². The number of aromatic amines is 1. The summed E-state index contributed by atoms with van der Waals surface area (Å²) in [6, 6.07) is 8.32. The van der Waals surface area contributed by atoms with Gasteiger partial charge in [0, 0.05) is 29.1 Å². The molecular weight excluding hydrogens is 236 g/mol. The summed E-state index contributed by atoms with van der Waals surface area (Å²) in [5.41, 5.74) is 3.80. The van der Waals surface area contributed by atoms with Gasteiger partial charge in [0.05, 0.1) is 0 Å². The van der Waals surface area contributed by atoms with Crippen LogP contribution in [0.3, 0.4) is 0 Å². The lowest BCUT2D eigenvalue weighted by Gasteiger charge is -2.21. The van der Waals surface area contributed by atoms with Gasteiger partial charge >= 0.3 is 0 Å². The van der Waals surface area contributed by atoms with Crippen LogP contribution >= 0.6 is 0 Å². The highest BCUT2D eigenvalue weighted by molar-refractivity contribution is 5.87. The van der Waals surface area contributed by atoms with Gasteiger partial charge in [-0.1, -0.05) is 24.3 Å². The second kappa shape index (κ2) is 4.92. The first-order valence-corrected chi connectivity index (χ1v) is 6.76. The molecule has 1 aromatic carbocycles. The molecule has 3 heteroatoms. The largest absolute Gasteiger partial charge is 0.358 e. The lowest BCUT2D eigenvalue weighted by atomic mass is 9.86. The van der Waals surface area contributed by atoms with Crippen molar-refractivity contribution in [2.45, 2.75) is 19.3 Å². The summed E-state index contributed by atoms with van der Waals surface area (Å²) in [7, 11) is 0. The maximum Gasteiger partial charge on any atom is 0.223 e. The van der Waals surface area contributed by atoms with Crippen molar-refractivity contribution < 1.29 is 4.79 Å². The zero-order chi connectivity index (χ0) is 13.2. The van der Waals surface area contributed by atoms with Crippen molar-refractivity contribution >= 4 is 16.8 Å². The summed E-state index contributed by atoms with van der Waals surface area (Å²) in [5.74, 6) is 0.238. The van der Waals surface area contributed by atoms with Crippen molar-refractivity contribution in [3.8, 4) is 0 Å². The van der Waals surface area contributed by atoms with Crippen molar-refractivity contribution in [3.63, 3.8) is 0 Å². The number of benzene rings is 1. The molecule has 3 rings (SSSR count). The van der Waals surface area contributed by atoms with Crippen LogP contribution in [0.5, 0.6) is 0 Å². The fraction of sp³-hybridized carbons (Fsp3) is 0.312. The van der Waals surface area contributed by atoms with Gasteiger partial charge in [0.25, 0.3) is 0 Å². The van der Waals surface area contributed by atoms with Crippen LogP contribution in [0.25, 0.3) is 10.9 Å². The second-order valence-electron chi connectivity index (χ2n) is 5.10. The minimum absolute atomic E-state index is 0.0895. The Morgan fingerprint density at radius 3 is 3.16 bits per heavy atom. The number of rotatable bonds is 3. The maximum absolute atomic E-state index is 12.1. The van der Waals surface area contributed by atoms with E-state index in [-0.39, 0.29) is 11.8 Å². The number of carbonyl (C=O) groups is 1. The molecule has 1 unspecified atom stereocenters. The van der Waals surface area contributed by atoms with E-state index < -0.39 is 0 Å². The number of fused-ring (bicyclic) bond motifs is 3. The number of hydrogen-bond acceptors (Lipinski definition) is 1. The van der Waals surface area contributed by atoms with Crippen LogP contribution in [0, 0.1) is 5.92 Å². The normalized spacial score (nSPS) is 18.0. The third-order valence-corrected chi connectivity index (χ3v) is 3.89. The molecule has 19 heavy (non-hydrogen) atoms. The van der Waals surface area contributed by atoms with E-state index in [4.69, 9.17) is 0 Å². The van der Waals surface area contributed by atoms with Crippen molar-refractivity contribution in [1.29, 1.82) is 0 Å². The summed E-state index contributed by atoms with van der Waals surface area (Å²) >= 11 is 0. The molecule has 98 valence electrons. The van der Waals surface area contributed by atoms with Gasteiger partial charge in [-0.3, -0.25) is 4.79 Å². The molecule has 0 spiro atoms. The molecule has 2 aromatic rings. The first kappa shape index (κ1) is 12.0. The molecule has 0 fully saturated rings. The fourth-order valence-electron chi connectivity index (χ4n) is 2.91. The Labute approximate surface area is 112 Å². The quantitative estimate of drug-likeness (QED) is 0.812. The number of nitrogens with one attached hydrogen (secondary N) is 2. The molecular formula is C16H18N2O. The number of para-hydroxylation sites is 1. The highest BCUT2D eigenvalue weighted by atomic mass is 16.1. The van der Waals surface area contributed by atoms with E-state index in [1.54, 1.807) is 6.08 Å². The molecule has 0 saturated carbocycles. The molecule has 3 nitrogen and oxygen atoms in total. The highest BCUT2D eigenvalue weighted by Gasteiger charge is 2.26. The van der Waals surface area contributed by atoms with E-state index in [0.29, 0.717) is 6.54 Å². The first-order chi connectivity index (χ1) is 9.29. The lowest BCUT2D eigenvalue weighted by molar-refractivity contribution is -0.125. The predicted molar refractivity (Wildman–Crippen MR) is 77.0 cm³/mol. The molecule has 0 saturated heterocycles. The zero-order valence-corrected chi connectivity index (χ0v) is 10.9. The predicted octanol–water partition coefficient (Wildman–Crippen LogP) is 2.58. The highest BCUT2D eigenvalue weighted by Crippen LogP contribution is 2.31. The molecule has 1 aromatic heterocycles. The first-order valence-electron chi connectivity index (χ1n) is 6.76. The average Bonchev–Trinajstić information content (AvgIpc) is 2.82. The summed E-state index contributed by atoms with van der Waals surface area (Å²) in [5, 5.41) is 4.17.